The van der Waals surface area contributed by atoms with Crippen molar-refractivity contribution in [1.82, 2.24) is 9.78 Å². The predicted molar refractivity (Wildman–Crippen MR) is 57.0 cm³/mol. The van der Waals surface area contributed by atoms with Crippen LogP contribution >= 0.6 is 0 Å². The SMILES string of the molecule is Fc1cc(F)c(F)c(NCCn2cccn2)c1F. The Labute approximate surface area is 100 Å². The van der Waals surface area contributed by atoms with Gasteiger partial charge in [-0.1, -0.05) is 0 Å². The van der Waals surface area contributed by atoms with Gasteiger partial charge in [-0.3, -0.25) is 4.68 Å². The highest BCUT2D eigenvalue weighted by molar-refractivity contribution is 5.47. The second-order valence-electron chi connectivity index (χ2n) is 3.54. The highest BCUT2D eigenvalue weighted by Gasteiger charge is 2.18. The van der Waals surface area contributed by atoms with Crippen molar-refractivity contribution in [2.24, 2.45) is 0 Å². The Morgan fingerprint density at radius 2 is 1.78 bits per heavy atom. The molecule has 0 unspecified atom stereocenters. The number of aromatic nitrogens is 2. The van der Waals surface area contributed by atoms with E-state index in [1.807, 2.05) is 0 Å². The third-order valence-corrected chi connectivity index (χ3v) is 2.31. The monoisotopic (exact) mass is 259 g/mol. The second-order valence-corrected chi connectivity index (χ2v) is 3.54. The Morgan fingerprint density at radius 1 is 1.11 bits per heavy atom. The summed E-state index contributed by atoms with van der Waals surface area (Å²) in [7, 11) is 0. The summed E-state index contributed by atoms with van der Waals surface area (Å²) in [4.78, 5) is 0. The zero-order valence-corrected chi connectivity index (χ0v) is 9.13. The van der Waals surface area contributed by atoms with Gasteiger partial charge in [0, 0.05) is 25.0 Å². The van der Waals surface area contributed by atoms with E-state index < -0.39 is 29.0 Å². The highest BCUT2D eigenvalue weighted by atomic mass is 19.2. The lowest BCUT2D eigenvalue weighted by atomic mass is 10.2. The summed E-state index contributed by atoms with van der Waals surface area (Å²) in [5, 5.41) is 6.18. The minimum Gasteiger partial charge on any atom is -0.378 e. The van der Waals surface area contributed by atoms with Gasteiger partial charge in [0.15, 0.2) is 23.3 Å². The van der Waals surface area contributed by atoms with Crippen LogP contribution in [0.3, 0.4) is 0 Å². The van der Waals surface area contributed by atoms with Gasteiger partial charge in [0.1, 0.15) is 5.69 Å². The summed E-state index contributed by atoms with van der Waals surface area (Å²) in [6.45, 7) is 0.391. The molecule has 0 amide bonds. The van der Waals surface area contributed by atoms with Gasteiger partial charge in [-0.15, -0.1) is 0 Å². The molecule has 0 atom stereocenters. The van der Waals surface area contributed by atoms with Crippen LogP contribution in [0.25, 0.3) is 0 Å². The summed E-state index contributed by atoms with van der Waals surface area (Å²) in [6.07, 6.45) is 3.20. The third kappa shape index (κ3) is 2.44. The average molecular weight is 259 g/mol. The van der Waals surface area contributed by atoms with E-state index in [2.05, 4.69) is 10.4 Å². The molecule has 2 rings (SSSR count). The maximum atomic E-state index is 13.2. The Morgan fingerprint density at radius 3 is 2.33 bits per heavy atom. The smallest absolute Gasteiger partial charge is 0.185 e. The van der Waals surface area contributed by atoms with Crippen LogP contribution in [0.4, 0.5) is 23.2 Å². The van der Waals surface area contributed by atoms with Crippen molar-refractivity contribution >= 4 is 5.69 Å². The fourth-order valence-electron chi connectivity index (χ4n) is 1.46. The lowest BCUT2D eigenvalue weighted by molar-refractivity contribution is 0.457. The van der Waals surface area contributed by atoms with Gasteiger partial charge in [0.05, 0.1) is 6.54 Å². The molecular formula is C11H9F4N3. The van der Waals surface area contributed by atoms with Gasteiger partial charge in [-0.2, -0.15) is 5.10 Å². The van der Waals surface area contributed by atoms with Crippen LogP contribution in [-0.4, -0.2) is 16.3 Å². The first-order chi connectivity index (χ1) is 8.59. The molecule has 1 aromatic carbocycles. The molecule has 18 heavy (non-hydrogen) atoms. The maximum Gasteiger partial charge on any atom is 0.185 e. The first-order valence-electron chi connectivity index (χ1n) is 5.14. The van der Waals surface area contributed by atoms with Crippen LogP contribution in [0.5, 0.6) is 0 Å². The van der Waals surface area contributed by atoms with E-state index in [9.17, 15) is 17.6 Å². The van der Waals surface area contributed by atoms with E-state index in [1.54, 1.807) is 18.5 Å². The summed E-state index contributed by atoms with van der Waals surface area (Å²) < 4.78 is 53.8. The van der Waals surface area contributed by atoms with Gasteiger partial charge in [0.2, 0.25) is 0 Å². The molecule has 2 aromatic rings. The number of nitrogens with one attached hydrogen (secondary N) is 1. The van der Waals surface area contributed by atoms with E-state index in [0.29, 0.717) is 6.54 Å². The minimum atomic E-state index is -1.44. The van der Waals surface area contributed by atoms with E-state index >= 15 is 0 Å². The molecule has 1 aromatic heterocycles. The Kier molecular flexibility index (Phi) is 3.50. The van der Waals surface area contributed by atoms with Crippen molar-refractivity contribution in [3.8, 4) is 0 Å². The predicted octanol–water partition coefficient (Wildman–Crippen LogP) is 2.55. The van der Waals surface area contributed by atoms with Gasteiger partial charge in [-0.05, 0) is 6.07 Å². The summed E-state index contributed by atoms with van der Waals surface area (Å²) in [5.41, 5.74) is -0.806. The quantitative estimate of drug-likeness (QED) is 0.675. The molecule has 0 aliphatic heterocycles. The lowest BCUT2D eigenvalue weighted by Gasteiger charge is -2.09. The highest BCUT2D eigenvalue weighted by Crippen LogP contribution is 2.23. The maximum absolute atomic E-state index is 13.2. The standard InChI is InChI=1S/C11H9F4N3/c12-7-6-8(13)10(15)11(9(7)14)16-3-5-18-4-1-2-17-18/h1-2,4,6,16H,3,5H2. The largest absolute Gasteiger partial charge is 0.378 e. The molecule has 0 fully saturated rings. The second kappa shape index (κ2) is 5.07. The van der Waals surface area contributed by atoms with Crippen LogP contribution in [0, 0.1) is 23.3 Å². The Bertz CT molecular complexity index is 513. The van der Waals surface area contributed by atoms with Gasteiger partial charge in [-0.25, -0.2) is 17.6 Å². The molecule has 96 valence electrons. The van der Waals surface area contributed by atoms with Crippen LogP contribution in [0.2, 0.25) is 0 Å². The van der Waals surface area contributed by atoms with E-state index in [1.165, 1.54) is 4.68 Å². The number of halogens is 4. The molecule has 3 nitrogen and oxygen atoms in total. The number of nitrogens with zero attached hydrogens (tertiary/aromatic N) is 2. The molecule has 1 heterocycles. The average Bonchev–Trinajstić information content (AvgIpc) is 2.84. The molecule has 7 heteroatoms. The molecule has 0 saturated carbocycles. The molecule has 0 bridgehead atoms. The molecule has 0 aliphatic carbocycles. The van der Waals surface area contributed by atoms with Crippen molar-refractivity contribution in [2.75, 3.05) is 11.9 Å². The molecule has 1 N–H and O–H groups in total. The number of hydrogen-bond acceptors (Lipinski definition) is 2. The third-order valence-electron chi connectivity index (χ3n) is 2.31. The van der Waals surface area contributed by atoms with Gasteiger partial charge < -0.3 is 5.32 Å². The lowest BCUT2D eigenvalue weighted by Crippen LogP contribution is -2.14. The van der Waals surface area contributed by atoms with Gasteiger partial charge in [0.25, 0.3) is 0 Å². The normalized spacial score (nSPS) is 10.7. The summed E-state index contributed by atoms with van der Waals surface area (Å²) >= 11 is 0. The molecule has 0 aliphatic rings. The summed E-state index contributed by atoms with van der Waals surface area (Å²) in [5.74, 6) is -5.74. The van der Waals surface area contributed by atoms with Crippen molar-refractivity contribution in [2.45, 2.75) is 6.54 Å². The molecule has 0 spiro atoms. The van der Waals surface area contributed by atoms with Crippen molar-refractivity contribution in [3.63, 3.8) is 0 Å². The Balaban J connectivity index is 2.09. The zero-order valence-electron chi connectivity index (χ0n) is 9.13. The van der Waals surface area contributed by atoms with Crippen LogP contribution in [-0.2, 0) is 6.54 Å². The minimum absolute atomic E-state index is 0.0818. The molecular weight excluding hydrogens is 250 g/mol. The number of benzene rings is 1. The van der Waals surface area contributed by atoms with Crippen molar-refractivity contribution in [3.05, 3.63) is 47.8 Å². The fourth-order valence-corrected chi connectivity index (χ4v) is 1.46. The van der Waals surface area contributed by atoms with Crippen LogP contribution in [0.15, 0.2) is 24.5 Å². The molecule has 0 radical (unpaired) electrons. The van der Waals surface area contributed by atoms with E-state index in [0.717, 1.165) is 0 Å². The summed E-state index contributed by atoms with van der Waals surface area (Å²) in [6, 6.07) is 1.85. The van der Waals surface area contributed by atoms with Crippen molar-refractivity contribution < 1.29 is 17.6 Å². The van der Waals surface area contributed by atoms with Crippen LogP contribution in [0.1, 0.15) is 0 Å². The van der Waals surface area contributed by atoms with Crippen LogP contribution < -0.4 is 5.32 Å². The Hall–Kier alpha value is -2.05. The number of anilines is 1. The number of rotatable bonds is 4. The molecule has 0 saturated heterocycles. The fraction of sp³-hybridized carbons (Fsp3) is 0.182. The van der Waals surface area contributed by atoms with Crippen molar-refractivity contribution in [1.29, 1.82) is 0 Å². The first-order valence-corrected chi connectivity index (χ1v) is 5.14. The zero-order chi connectivity index (χ0) is 13.1. The number of hydrogen-bond donors (Lipinski definition) is 1. The first kappa shape index (κ1) is 12.4. The topological polar surface area (TPSA) is 29.9 Å². The van der Waals surface area contributed by atoms with E-state index in [4.69, 9.17) is 0 Å². The van der Waals surface area contributed by atoms with E-state index in [-0.39, 0.29) is 12.6 Å². The van der Waals surface area contributed by atoms with Gasteiger partial charge >= 0.3 is 0 Å².